The quantitative estimate of drug-likeness (QED) is 0.799. The average Bonchev–Trinajstić information content (AvgIpc) is 3.16. The molecule has 7 nitrogen and oxygen atoms in total. The number of aromatic nitrogens is 1. The molecule has 0 aromatic carbocycles. The Hall–Kier alpha value is -2.67. The van der Waals surface area contributed by atoms with Gasteiger partial charge in [0.1, 0.15) is 5.76 Å². The van der Waals surface area contributed by atoms with E-state index in [9.17, 15) is 9.59 Å². The maximum Gasteiger partial charge on any atom is 0.373 e. The minimum atomic E-state index is -0.533. The van der Waals surface area contributed by atoms with Crippen LogP contribution in [0.5, 0.6) is 0 Å². The summed E-state index contributed by atoms with van der Waals surface area (Å²) in [7, 11) is 1.29. The van der Waals surface area contributed by atoms with Crippen LogP contribution in [0.4, 0.5) is 0 Å². The second-order valence-corrected chi connectivity index (χ2v) is 6.27. The molecule has 26 heavy (non-hydrogen) atoms. The molecule has 1 amide bonds. The fraction of sp³-hybridized carbons (Fsp3) is 0.421. The first-order valence-corrected chi connectivity index (χ1v) is 8.76. The lowest BCUT2D eigenvalue weighted by Crippen LogP contribution is -2.41. The number of rotatable bonds is 6. The number of methoxy groups -OCH3 is 1. The van der Waals surface area contributed by atoms with Gasteiger partial charge in [-0.25, -0.2) is 4.79 Å². The molecule has 1 N–H and O–H groups in total. The molecule has 1 unspecified atom stereocenters. The molecule has 1 saturated heterocycles. The molecule has 2 aromatic heterocycles. The lowest BCUT2D eigenvalue weighted by atomic mass is 9.99. The average molecular weight is 357 g/mol. The molecule has 0 bridgehead atoms. The van der Waals surface area contributed by atoms with Crippen molar-refractivity contribution in [3.63, 3.8) is 0 Å². The van der Waals surface area contributed by atoms with Gasteiger partial charge in [0.15, 0.2) is 0 Å². The van der Waals surface area contributed by atoms with Crippen LogP contribution in [-0.2, 0) is 16.1 Å². The predicted octanol–water partition coefficient (Wildman–Crippen LogP) is 2.30. The van der Waals surface area contributed by atoms with Crippen molar-refractivity contribution in [1.82, 2.24) is 15.2 Å². The molecule has 138 valence electrons. The fourth-order valence-corrected chi connectivity index (χ4v) is 3.20. The number of furan rings is 1. The van der Waals surface area contributed by atoms with E-state index in [1.165, 1.54) is 13.2 Å². The van der Waals surface area contributed by atoms with E-state index in [4.69, 9.17) is 4.42 Å². The summed E-state index contributed by atoms with van der Waals surface area (Å²) >= 11 is 0. The van der Waals surface area contributed by atoms with E-state index >= 15 is 0 Å². The number of likely N-dealkylation sites (tertiary alicyclic amines) is 1. The Morgan fingerprint density at radius 1 is 1.31 bits per heavy atom. The summed E-state index contributed by atoms with van der Waals surface area (Å²) < 4.78 is 9.95. The maximum atomic E-state index is 12.4. The van der Waals surface area contributed by atoms with Crippen molar-refractivity contribution in [3.05, 3.63) is 53.7 Å². The van der Waals surface area contributed by atoms with E-state index in [0.29, 0.717) is 12.3 Å². The number of piperidine rings is 1. The van der Waals surface area contributed by atoms with Gasteiger partial charge in [0.05, 0.1) is 31.9 Å². The van der Waals surface area contributed by atoms with E-state index in [0.717, 1.165) is 31.5 Å². The van der Waals surface area contributed by atoms with Crippen molar-refractivity contribution in [1.29, 1.82) is 0 Å². The predicted molar refractivity (Wildman–Crippen MR) is 94.3 cm³/mol. The summed E-state index contributed by atoms with van der Waals surface area (Å²) in [6.45, 7) is 1.42. The molecule has 0 aliphatic carbocycles. The summed E-state index contributed by atoms with van der Waals surface area (Å²) in [6.07, 6.45) is 5.02. The lowest BCUT2D eigenvalue weighted by Gasteiger charge is -2.34. The van der Waals surface area contributed by atoms with Crippen LogP contribution < -0.4 is 5.32 Å². The van der Waals surface area contributed by atoms with Crippen LogP contribution >= 0.6 is 0 Å². The third-order valence-corrected chi connectivity index (χ3v) is 4.50. The molecule has 0 spiro atoms. The first-order valence-electron chi connectivity index (χ1n) is 8.76. The Kier molecular flexibility index (Phi) is 6.01. The van der Waals surface area contributed by atoms with E-state index in [1.807, 2.05) is 18.2 Å². The Morgan fingerprint density at radius 2 is 2.19 bits per heavy atom. The minimum Gasteiger partial charge on any atom is -0.463 e. The Bertz CT molecular complexity index is 744. The van der Waals surface area contributed by atoms with Crippen molar-refractivity contribution in [2.45, 2.75) is 31.8 Å². The van der Waals surface area contributed by atoms with E-state index in [2.05, 4.69) is 19.9 Å². The van der Waals surface area contributed by atoms with Gasteiger partial charge in [0.25, 0.3) is 0 Å². The standard InChI is InChI=1S/C19H23N3O4/c1-25-19(24)17-9-8-14(26-17)12-21-18(23)13-22-11-5-3-7-16(22)15-6-2-4-10-20-15/h2,4,6,8-10,16H,3,5,7,11-13H2,1H3,(H,21,23). The van der Waals surface area contributed by atoms with E-state index in [-0.39, 0.29) is 24.3 Å². The fourth-order valence-electron chi connectivity index (χ4n) is 3.20. The number of nitrogens with one attached hydrogen (secondary N) is 1. The summed E-state index contributed by atoms with van der Waals surface area (Å²) in [5.41, 5.74) is 1.01. The number of hydrogen-bond acceptors (Lipinski definition) is 6. The number of amides is 1. The van der Waals surface area contributed by atoms with Crippen molar-refractivity contribution in [2.75, 3.05) is 20.2 Å². The SMILES string of the molecule is COC(=O)c1ccc(CNC(=O)CN2CCCCC2c2ccccn2)o1. The number of pyridine rings is 1. The van der Waals surface area contributed by atoms with Gasteiger partial charge in [-0.2, -0.15) is 0 Å². The highest BCUT2D eigenvalue weighted by Crippen LogP contribution is 2.29. The molecule has 3 heterocycles. The van der Waals surface area contributed by atoms with Crippen molar-refractivity contribution in [2.24, 2.45) is 0 Å². The van der Waals surface area contributed by atoms with Crippen molar-refractivity contribution >= 4 is 11.9 Å². The van der Waals surface area contributed by atoms with Gasteiger partial charge in [-0.1, -0.05) is 12.5 Å². The van der Waals surface area contributed by atoms with Crippen molar-refractivity contribution < 1.29 is 18.7 Å². The largest absolute Gasteiger partial charge is 0.463 e. The first kappa shape index (κ1) is 18.1. The maximum absolute atomic E-state index is 12.4. The summed E-state index contributed by atoms with van der Waals surface area (Å²) in [6, 6.07) is 9.25. The van der Waals surface area contributed by atoms with Crippen LogP contribution in [0.25, 0.3) is 0 Å². The summed E-state index contributed by atoms with van der Waals surface area (Å²) in [5, 5.41) is 2.84. The summed E-state index contributed by atoms with van der Waals surface area (Å²) in [4.78, 5) is 30.4. The molecular weight excluding hydrogens is 334 g/mol. The summed E-state index contributed by atoms with van der Waals surface area (Å²) in [5.74, 6) is 0.0274. The number of carbonyl (C=O) groups is 2. The van der Waals surface area contributed by atoms with Crippen LogP contribution in [0.15, 0.2) is 40.9 Å². The van der Waals surface area contributed by atoms with Crippen LogP contribution in [-0.4, -0.2) is 42.0 Å². The monoisotopic (exact) mass is 357 g/mol. The molecule has 1 fully saturated rings. The number of carbonyl (C=O) groups excluding carboxylic acids is 2. The van der Waals surface area contributed by atoms with Gasteiger partial charge >= 0.3 is 5.97 Å². The highest BCUT2D eigenvalue weighted by molar-refractivity contribution is 5.86. The number of ether oxygens (including phenoxy) is 1. The zero-order valence-electron chi connectivity index (χ0n) is 14.8. The van der Waals surface area contributed by atoms with E-state index in [1.54, 1.807) is 12.3 Å². The van der Waals surface area contributed by atoms with Gasteiger partial charge in [-0.15, -0.1) is 0 Å². The van der Waals surface area contributed by atoms with Crippen LogP contribution in [0.3, 0.4) is 0 Å². The lowest BCUT2D eigenvalue weighted by molar-refractivity contribution is -0.123. The molecule has 1 aliphatic heterocycles. The van der Waals surface area contributed by atoms with Gasteiger partial charge < -0.3 is 14.5 Å². The zero-order valence-corrected chi connectivity index (χ0v) is 14.8. The molecule has 2 aromatic rings. The highest BCUT2D eigenvalue weighted by atomic mass is 16.5. The molecule has 3 rings (SSSR count). The molecule has 1 atom stereocenters. The Labute approximate surface area is 152 Å². The highest BCUT2D eigenvalue weighted by Gasteiger charge is 2.26. The van der Waals surface area contributed by atoms with Crippen LogP contribution in [0.1, 0.15) is 47.3 Å². The topological polar surface area (TPSA) is 84.7 Å². The third kappa shape index (κ3) is 4.49. The number of nitrogens with zero attached hydrogens (tertiary/aromatic N) is 2. The van der Waals surface area contributed by atoms with Crippen LogP contribution in [0.2, 0.25) is 0 Å². The van der Waals surface area contributed by atoms with Gasteiger partial charge in [0.2, 0.25) is 11.7 Å². The smallest absolute Gasteiger partial charge is 0.373 e. The van der Waals surface area contributed by atoms with Crippen LogP contribution in [0, 0.1) is 0 Å². The minimum absolute atomic E-state index is 0.0798. The van der Waals surface area contributed by atoms with Gasteiger partial charge in [-0.05, 0) is 43.7 Å². The van der Waals surface area contributed by atoms with Gasteiger partial charge in [0, 0.05) is 6.20 Å². The zero-order chi connectivity index (χ0) is 18.4. The number of esters is 1. The Balaban J connectivity index is 1.55. The first-order chi connectivity index (χ1) is 12.7. The second-order valence-electron chi connectivity index (χ2n) is 6.27. The molecule has 0 radical (unpaired) electrons. The normalized spacial score (nSPS) is 17.7. The second kappa shape index (κ2) is 8.62. The third-order valence-electron chi connectivity index (χ3n) is 4.50. The van der Waals surface area contributed by atoms with Gasteiger partial charge in [-0.3, -0.25) is 14.7 Å². The van der Waals surface area contributed by atoms with E-state index < -0.39 is 5.97 Å². The number of hydrogen-bond donors (Lipinski definition) is 1. The van der Waals surface area contributed by atoms with Crippen molar-refractivity contribution in [3.8, 4) is 0 Å². The Morgan fingerprint density at radius 3 is 2.96 bits per heavy atom. The molecule has 0 saturated carbocycles. The molecule has 7 heteroatoms. The molecule has 1 aliphatic rings. The molecular formula is C19H23N3O4.